The lowest BCUT2D eigenvalue weighted by Gasteiger charge is -2.10. The van der Waals surface area contributed by atoms with E-state index in [0.29, 0.717) is 17.2 Å². The Morgan fingerprint density at radius 1 is 1.28 bits per heavy atom. The van der Waals surface area contributed by atoms with Gasteiger partial charge in [0.1, 0.15) is 5.75 Å². The van der Waals surface area contributed by atoms with Crippen LogP contribution in [0.25, 0.3) is 0 Å². The number of aryl methyl sites for hydroxylation is 1. The average molecular weight is 271 g/mol. The summed E-state index contributed by atoms with van der Waals surface area (Å²) in [6.45, 7) is 3.35. The van der Waals surface area contributed by atoms with Crippen LogP contribution in [0.2, 0.25) is 5.02 Å². The maximum Gasteiger partial charge on any atom is 0.276 e. The van der Waals surface area contributed by atoms with Crippen LogP contribution in [0.15, 0.2) is 18.2 Å². The molecule has 18 heavy (non-hydrogen) atoms. The molecule has 0 radical (unpaired) electrons. The summed E-state index contributed by atoms with van der Waals surface area (Å²) >= 11 is 5.80. The van der Waals surface area contributed by atoms with Crippen LogP contribution in [0.4, 0.5) is 0 Å². The third-order valence-electron chi connectivity index (χ3n) is 2.16. The molecular formula is C12H15ClN2O3. The second-order valence-corrected chi connectivity index (χ2v) is 4.08. The van der Waals surface area contributed by atoms with E-state index in [-0.39, 0.29) is 12.5 Å². The molecule has 0 spiro atoms. The molecule has 5 nitrogen and oxygen atoms in total. The fraction of sp³-hybridized carbons (Fsp3) is 0.333. The molecular weight excluding hydrogens is 256 g/mol. The molecule has 0 unspecified atom stereocenters. The molecule has 0 aliphatic rings. The Kier molecular flexibility index (Phi) is 5.45. The van der Waals surface area contributed by atoms with Crippen molar-refractivity contribution in [2.75, 3.05) is 6.61 Å². The highest BCUT2D eigenvalue weighted by atomic mass is 35.5. The van der Waals surface area contributed by atoms with Gasteiger partial charge in [0.05, 0.1) is 0 Å². The van der Waals surface area contributed by atoms with E-state index in [1.807, 2.05) is 6.92 Å². The highest BCUT2D eigenvalue weighted by Gasteiger charge is 2.06. The van der Waals surface area contributed by atoms with Gasteiger partial charge in [0.2, 0.25) is 5.91 Å². The fourth-order valence-electron chi connectivity index (χ4n) is 1.18. The summed E-state index contributed by atoms with van der Waals surface area (Å²) in [7, 11) is 0. The minimum atomic E-state index is -0.425. The van der Waals surface area contributed by atoms with Crippen LogP contribution in [0, 0.1) is 6.92 Å². The largest absolute Gasteiger partial charge is 0.483 e. The second-order valence-electron chi connectivity index (χ2n) is 3.65. The van der Waals surface area contributed by atoms with Gasteiger partial charge in [0.15, 0.2) is 6.61 Å². The van der Waals surface area contributed by atoms with E-state index in [0.717, 1.165) is 5.56 Å². The van der Waals surface area contributed by atoms with Crippen LogP contribution >= 0.6 is 11.6 Å². The Bertz CT molecular complexity index is 449. The molecule has 1 aromatic carbocycles. The Hall–Kier alpha value is -1.75. The van der Waals surface area contributed by atoms with Gasteiger partial charge < -0.3 is 4.74 Å². The predicted octanol–water partition coefficient (Wildman–Crippen LogP) is 1.58. The van der Waals surface area contributed by atoms with E-state index < -0.39 is 5.91 Å². The smallest absolute Gasteiger partial charge is 0.276 e. The minimum absolute atomic E-state index is 0.174. The van der Waals surface area contributed by atoms with Crippen molar-refractivity contribution in [2.45, 2.75) is 20.3 Å². The number of rotatable bonds is 4. The summed E-state index contributed by atoms with van der Waals surface area (Å²) in [5.41, 5.74) is 5.34. The van der Waals surface area contributed by atoms with Crippen molar-refractivity contribution in [3.8, 4) is 5.75 Å². The van der Waals surface area contributed by atoms with Crippen molar-refractivity contribution in [1.29, 1.82) is 0 Å². The lowest BCUT2D eigenvalue weighted by atomic mass is 10.2. The molecule has 0 fully saturated rings. The number of hydrogen-bond donors (Lipinski definition) is 2. The topological polar surface area (TPSA) is 67.4 Å². The number of carbonyl (C=O) groups excluding carboxylic acids is 2. The van der Waals surface area contributed by atoms with Crippen molar-refractivity contribution in [3.63, 3.8) is 0 Å². The lowest BCUT2D eigenvalue weighted by molar-refractivity contribution is -0.129. The number of nitrogens with one attached hydrogen (secondary N) is 2. The molecule has 0 aromatic heterocycles. The molecule has 0 aliphatic carbocycles. The molecule has 6 heteroatoms. The number of benzene rings is 1. The van der Waals surface area contributed by atoms with Gasteiger partial charge in [-0.05, 0) is 30.7 Å². The third kappa shape index (κ3) is 4.63. The van der Waals surface area contributed by atoms with Crippen LogP contribution in [-0.4, -0.2) is 18.4 Å². The monoisotopic (exact) mass is 270 g/mol. The molecule has 0 saturated heterocycles. The Labute approximate surface area is 110 Å². The quantitative estimate of drug-likeness (QED) is 0.817. The standard InChI is InChI=1S/C12H15ClN2O3/c1-3-11(16)14-15-12(17)7-18-10-5-4-9(13)6-8(10)2/h4-6H,3,7H2,1-2H3,(H,14,16)(H,15,17). The second kappa shape index (κ2) is 6.86. The molecule has 2 amide bonds. The van der Waals surface area contributed by atoms with Gasteiger partial charge in [-0.25, -0.2) is 0 Å². The van der Waals surface area contributed by atoms with Crippen molar-refractivity contribution in [1.82, 2.24) is 10.9 Å². The number of halogens is 1. The first-order chi connectivity index (χ1) is 8.52. The first kappa shape index (κ1) is 14.3. The van der Waals surface area contributed by atoms with Gasteiger partial charge in [-0.15, -0.1) is 0 Å². The van der Waals surface area contributed by atoms with E-state index in [9.17, 15) is 9.59 Å². The summed E-state index contributed by atoms with van der Waals surface area (Å²) in [5.74, 6) is -0.103. The Morgan fingerprint density at radius 2 is 1.94 bits per heavy atom. The minimum Gasteiger partial charge on any atom is -0.483 e. The zero-order valence-corrected chi connectivity index (χ0v) is 11.0. The van der Waals surface area contributed by atoms with Gasteiger partial charge in [-0.3, -0.25) is 20.4 Å². The van der Waals surface area contributed by atoms with Crippen LogP contribution in [0.1, 0.15) is 18.9 Å². The molecule has 0 atom stereocenters. The van der Waals surface area contributed by atoms with E-state index in [4.69, 9.17) is 16.3 Å². The Balaban J connectivity index is 2.40. The predicted molar refractivity (Wildman–Crippen MR) is 68.3 cm³/mol. The van der Waals surface area contributed by atoms with Crippen LogP contribution in [-0.2, 0) is 9.59 Å². The number of carbonyl (C=O) groups is 2. The maximum atomic E-state index is 11.3. The van der Waals surface area contributed by atoms with Crippen molar-refractivity contribution in [3.05, 3.63) is 28.8 Å². The first-order valence-electron chi connectivity index (χ1n) is 5.49. The fourth-order valence-corrected chi connectivity index (χ4v) is 1.41. The van der Waals surface area contributed by atoms with Crippen molar-refractivity contribution < 1.29 is 14.3 Å². The SMILES string of the molecule is CCC(=O)NNC(=O)COc1ccc(Cl)cc1C. The molecule has 2 N–H and O–H groups in total. The molecule has 98 valence electrons. The summed E-state index contributed by atoms with van der Waals surface area (Å²) < 4.78 is 5.30. The molecule has 0 heterocycles. The molecule has 0 bridgehead atoms. The molecule has 0 aliphatic heterocycles. The van der Waals surface area contributed by atoms with Crippen LogP contribution in [0.5, 0.6) is 5.75 Å². The zero-order chi connectivity index (χ0) is 13.5. The molecule has 0 saturated carbocycles. The third-order valence-corrected chi connectivity index (χ3v) is 2.39. The van der Waals surface area contributed by atoms with Gasteiger partial charge in [0.25, 0.3) is 5.91 Å². The highest BCUT2D eigenvalue weighted by Crippen LogP contribution is 2.21. The molecule has 1 rings (SSSR count). The molecule has 1 aromatic rings. The lowest BCUT2D eigenvalue weighted by Crippen LogP contribution is -2.43. The van der Waals surface area contributed by atoms with E-state index >= 15 is 0 Å². The zero-order valence-electron chi connectivity index (χ0n) is 10.2. The number of ether oxygens (including phenoxy) is 1. The van der Waals surface area contributed by atoms with E-state index in [1.165, 1.54) is 0 Å². The highest BCUT2D eigenvalue weighted by molar-refractivity contribution is 6.30. The number of amides is 2. The van der Waals surface area contributed by atoms with Gasteiger partial charge >= 0.3 is 0 Å². The normalized spacial score (nSPS) is 9.72. The summed E-state index contributed by atoms with van der Waals surface area (Å²) in [4.78, 5) is 22.2. The average Bonchev–Trinajstić information content (AvgIpc) is 2.34. The Morgan fingerprint density at radius 3 is 2.56 bits per heavy atom. The maximum absolute atomic E-state index is 11.3. The van der Waals surface area contributed by atoms with E-state index in [1.54, 1.807) is 25.1 Å². The van der Waals surface area contributed by atoms with Crippen molar-refractivity contribution in [2.24, 2.45) is 0 Å². The summed E-state index contributed by atoms with van der Waals surface area (Å²) in [5, 5.41) is 0.611. The van der Waals surface area contributed by atoms with E-state index in [2.05, 4.69) is 10.9 Å². The van der Waals surface area contributed by atoms with Crippen LogP contribution < -0.4 is 15.6 Å². The van der Waals surface area contributed by atoms with Crippen LogP contribution in [0.3, 0.4) is 0 Å². The van der Waals surface area contributed by atoms with Gasteiger partial charge in [-0.1, -0.05) is 18.5 Å². The summed E-state index contributed by atoms with van der Waals surface area (Å²) in [6.07, 6.45) is 0.303. The van der Waals surface area contributed by atoms with Gasteiger partial charge in [-0.2, -0.15) is 0 Å². The number of hydrogen-bond acceptors (Lipinski definition) is 3. The van der Waals surface area contributed by atoms with Crippen molar-refractivity contribution >= 4 is 23.4 Å². The van der Waals surface area contributed by atoms with Gasteiger partial charge in [0, 0.05) is 11.4 Å². The first-order valence-corrected chi connectivity index (χ1v) is 5.87. The number of hydrazine groups is 1. The summed E-state index contributed by atoms with van der Waals surface area (Å²) in [6, 6.07) is 5.11.